The fourth-order valence-electron chi connectivity index (χ4n) is 7.68. The third-order valence-corrected chi connectivity index (χ3v) is 11.9. The Hall–Kier alpha value is -5.19. The number of nitrogens with zero attached hydrogens (tertiary/aromatic N) is 3. The van der Waals surface area contributed by atoms with Gasteiger partial charge in [0.1, 0.15) is 0 Å². The summed E-state index contributed by atoms with van der Waals surface area (Å²) in [5.74, 6) is 2.09. The van der Waals surface area contributed by atoms with E-state index >= 15 is 0 Å². The van der Waals surface area contributed by atoms with E-state index in [1.54, 1.807) is 11.3 Å². The van der Waals surface area contributed by atoms with Gasteiger partial charge in [0, 0.05) is 36.9 Å². The second-order valence-corrected chi connectivity index (χ2v) is 15.8. The summed E-state index contributed by atoms with van der Waals surface area (Å²) < 4.78 is 2.47. The molecular formula is C45H37N3S. The smallest absolute Gasteiger partial charge is 0.165 e. The molecule has 3 nitrogen and oxygen atoms in total. The lowest BCUT2D eigenvalue weighted by Gasteiger charge is -2.42. The van der Waals surface area contributed by atoms with Gasteiger partial charge in [-0.1, -0.05) is 137 Å². The summed E-state index contributed by atoms with van der Waals surface area (Å²) in [4.78, 5) is 15.6. The Labute approximate surface area is 291 Å². The molecule has 0 aliphatic heterocycles. The summed E-state index contributed by atoms with van der Waals surface area (Å²) in [7, 11) is 0. The van der Waals surface area contributed by atoms with Crippen molar-refractivity contribution in [2.24, 2.45) is 0 Å². The van der Waals surface area contributed by atoms with Crippen molar-refractivity contribution in [1.29, 1.82) is 0 Å². The van der Waals surface area contributed by atoms with Crippen LogP contribution in [-0.2, 0) is 10.8 Å². The summed E-state index contributed by atoms with van der Waals surface area (Å²) in [6, 6.07) is 45.7. The Kier molecular flexibility index (Phi) is 6.83. The molecule has 4 heteroatoms. The van der Waals surface area contributed by atoms with E-state index in [1.807, 2.05) is 0 Å². The first kappa shape index (κ1) is 29.9. The van der Waals surface area contributed by atoms with Gasteiger partial charge in [-0.2, -0.15) is 0 Å². The molecule has 0 saturated carbocycles. The van der Waals surface area contributed by atoms with Crippen LogP contribution in [0, 0.1) is 0 Å². The highest BCUT2D eigenvalue weighted by molar-refractivity contribution is 7.26. The van der Waals surface area contributed by atoms with Gasteiger partial charge in [-0.25, -0.2) is 15.0 Å². The summed E-state index contributed by atoms with van der Waals surface area (Å²) in [6.07, 6.45) is 2.33. The Morgan fingerprint density at radius 1 is 0.469 bits per heavy atom. The highest BCUT2D eigenvalue weighted by Crippen LogP contribution is 2.47. The van der Waals surface area contributed by atoms with E-state index in [2.05, 4.69) is 155 Å². The van der Waals surface area contributed by atoms with Crippen molar-refractivity contribution in [3.8, 4) is 45.3 Å². The molecule has 6 aromatic carbocycles. The molecule has 0 unspecified atom stereocenters. The van der Waals surface area contributed by atoms with Crippen molar-refractivity contribution in [2.45, 2.75) is 51.4 Å². The summed E-state index contributed by atoms with van der Waals surface area (Å²) >= 11 is 1.80. The number of hydrogen-bond acceptors (Lipinski definition) is 4. The molecule has 0 atom stereocenters. The number of thiophene rings is 1. The Morgan fingerprint density at radius 2 is 1.04 bits per heavy atom. The number of aromatic nitrogens is 3. The molecule has 0 amide bonds. The molecule has 1 aliphatic carbocycles. The molecule has 0 N–H and O–H groups in total. The van der Waals surface area contributed by atoms with Crippen LogP contribution in [0.4, 0.5) is 0 Å². The fourth-order valence-corrected chi connectivity index (χ4v) is 8.89. The molecule has 2 aromatic heterocycles. The van der Waals surface area contributed by atoms with Crippen LogP contribution in [0.25, 0.3) is 76.2 Å². The van der Waals surface area contributed by atoms with E-state index in [0.29, 0.717) is 17.5 Å². The summed E-state index contributed by atoms with van der Waals surface area (Å²) in [5.41, 5.74) is 8.48. The van der Waals surface area contributed by atoms with Gasteiger partial charge in [0.2, 0.25) is 0 Å². The quantitative estimate of drug-likeness (QED) is 0.190. The number of benzene rings is 6. The number of rotatable bonds is 4. The van der Waals surface area contributed by atoms with Crippen LogP contribution in [0.1, 0.15) is 51.7 Å². The largest absolute Gasteiger partial charge is 0.208 e. The van der Waals surface area contributed by atoms with Crippen LogP contribution in [0.2, 0.25) is 0 Å². The second-order valence-electron chi connectivity index (χ2n) is 14.7. The van der Waals surface area contributed by atoms with E-state index in [9.17, 15) is 0 Å². The normalized spacial score (nSPS) is 15.1. The third-order valence-electron chi connectivity index (χ3n) is 10.6. The first-order valence-electron chi connectivity index (χ1n) is 17.2. The van der Waals surface area contributed by atoms with Crippen molar-refractivity contribution < 1.29 is 0 Å². The molecule has 0 bridgehead atoms. The van der Waals surface area contributed by atoms with E-state index in [1.165, 1.54) is 59.6 Å². The van der Waals surface area contributed by atoms with Gasteiger partial charge in [-0.05, 0) is 74.9 Å². The van der Waals surface area contributed by atoms with Crippen molar-refractivity contribution in [3.05, 3.63) is 139 Å². The molecule has 1 aliphatic rings. The minimum Gasteiger partial charge on any atom is -0.208 e. The maximum atomic E-state index is 5.24. The third kappa shape index (κ3) is 5.05. The highest BCUT2D eigenvalue weighted by Gasteiger charge is 2.37. The van der Waals surface area contributed by atoms with E-state index in [0.717, 1.165) is 23.1 Å². The van der Waals surface area contributed by atoms with Crippen LogP contribution in [0.5, 0.6) is 0 Å². The maximum absolute atomic E-state index is 5.24. The second kappa shape index (κ2) is 11.2. The molecule has 0 fully saturated rings. The van der Waals surface area contributed by atoms with E-state index in [4.69, 9.17) is 15.0 Å². The topological polar surface area (TPSA) is 38.7 Å². The Morgan fingerprint density at radius 3 is 1.86 bits per heavy atom. The van der Waals surface area contributed by atoms with Crippen LogP contribution < -0.4 is 0 Å². The minimum absolute atomic E-state index is 0.0830. The van der Waals surface area contributed by atoms with Gasteiger partial charge in [0.25, 0.3) is 0 Å². The van der Waals surface area contributed by atoms with Crippen LogP contribution in [0.15, 0.2) is 127 Å². The van der Waals surface area contributed by atoms with Gasteiger partial charge in [0.15, 0.2) is 17.5 Å². The summed E-state index contributed by atoms with van der Waals surface area (Å²) in [6.45, 7) is 9.48. The lowest BCUT2D eigenvalue weighted by molar-refractivity contribution is 0.332. The fraction of sp³-hybridized carbons (Fsp3) is 0.178. The van der Waals surface area contributed by atoms with Crippen molar-refractivity contribution in [1.82, 2.24) is 15.0 Å². The monoisotopic (exact) mass is 651 g/mol. The Balaban J connectivity index is 1.23. The molecule has 0 spiro atoms. The molecule has 2 heterocycles. The molecule has 238 valence electrons. The highest BCUT2D eigenvalue weighted by atomic mass is 32.1. The molecule has 8 aromatic rings. The zero-order valence-corrected chi connectivity index (χ0v) is 29.1. The van der Waals surface area contributed by atoms with Gasteiger partial charge >= 0.3 is 0 Å². The zero-order valence-electron chi connectivity index (χ0n) is 28.3. The number of hydrogen-bond donors (Lipinski definition) is 0. The average Bonchev–Trinajstić information content (AvgIpc) is 3.52. The van der Waals surface area contributed by atoms with Gasteiger partial charge in [-0.15, -0.1) is 11.3 Å². The lowest BCUT2D eigenvalue weighted by Crippen LogP contribution is -2.33. The SMILES string of the molecule is CC1(C)CCC(C)(C)c2cc(-c3nc(-c4ccc(-c5cccc6ccccc56)cc4)nc(-c4cccc5c4sc4ccccc45)n3)ccc21. The summed E-state index contributed by atoms with van der Waals surface area (Å²) in [5, 5.41) is 4.99. The molecular weight excluding hydrogens is 615 g/mol. The van der Waals surface area contributed by atoms with E-state index < -0.39 is 0 Å². The van der Waals surface area contributed by atoms with Crippen LogP contribution >= 0.6 is 11.3 Å². The zero-order chi connectivity index (χ0) is 33.3. The first-order chi connectivity index (χ1) is 23.7. The van der Waals surface area contributed by atoms with E-state index in [-0.39, 0.29) is 10.8 Å². The predicted molar refractivity (Wildman–Crippen MR) is 207 cm³/mol. The van der Waals surface area contributed by atoms with Crippen LogP contribution in [0.3, 0.4) is 0 Å². The van der Waals surface area contributed by atoms with Gasteiger partial charge in [0.05, 0.1) is 0 Å². The van der Waals surface area contributed by atoms with Crippen molar-refractivity contribution in [3.63, 3.8) is 0 Å². The predicted octanol–water partition coefficient (Wildman–Crippen LogP) is 12.4. The molecule has 0 saturated heterocycles. The minimum atomic E-state index is 0.0830. The van der Waals surface area contributed by atoms with Crippen molar-refractivity contribution in [2.75, 3.05) is 0 Å². The van der Waals surface area contributed by atoms with Crippen molar-refractivity contribution >= 4 is 42.3 Å². The van der Waals surface area contributed by atoms with Crippen LogP contribution in [-0.4, -0.2) is 15.0 Å². The van der Waals surface area contributed by atoms with Gasteiger partial charge < -0.3 is 0 Å². The molecule has 0 radical (unpaired) electrons. The standard InChI is InChI=1S/C45H37N3S/c1-44(2)25-26-45(3,4)38-27-31(23-24-37(38)44)42-46-41(30-21-19-29(20-22-30)33-15-9-12-28-11-5-6-13-32(28)33)47-43(48-42)36-17-10-16-35-34-14-7-8-18-39(34)49-40(35)36/h5-24,27H,25-26H2,1-4H3. The molecule has 49 heavy (non-hydrogen) atoms. The number of fused-ring (bicyclic) bond motifs is 5. The lowest BCUT2D eigenvalue weighted by atomic mass is 9.63. The first-order valence-corrected chi connectivity index (χ1v) is 18.0. The molecule has 9 rings (SSSR count). The van der Waals surface area contributed by atoms with Gasteiger partial charge in [-0.3, -0.25) is 0 Å². The average molecular weight is 652 g/mol. The Bertz CT molecular complexity index is 2550. The maximum Gasteiger partial charge on any atom is 0.165 e.